The van der Waals surface area contributed by atoms with Crippen molar-refractivity contribution >= 4 is 43.6 Å². The molecule has 7 heteroatoms. The van der Waals surface area contributed by atoms with Crippen molar-refractivity contribution < 1.29 is 4.74 Å². The Bertz CT molecular complexity index is 661. The maximum absolute atomic E-state index is 11.8. The van der Waals surface area contributed by atoms with Crippen molar-refractivity contribution in [2.24, 2.45) is 0 Å². The molecule has 20 heavy (non-hydrogen) atoms. The fourth-order valence-corrected chi connectivity index (χ4v) is 3.31. The van der Waals surface area contributed by atoms with E-state index in [2.05, 4.69) is 41.8 Å². The van der Waals surface area contributed by atoms with Crippen molar-refractivity contribution in [3.05, 3.63) is 55.1 Å². The van der Waals surface area contributed by atoms with Crippen molar-refractivity contribution in [2.75, 3.05) is 7.11 Å². The SMILES string of the molecule is COCc1nc(CSc2ccccc2Br)[nH]c(=O)c1Br. The number of ether oxygens (including phenoxy) is 1. The number of halogens is 2. The third-order valence-electron chi connectivity index (χ3n) is 2.46. The highest BCUT2D eigenvalue weighted by molar-refractivity contribution is 9.10. The number of hydrogen-bond acceptors (Lipinski definition) is 4. The Hall–Kier alpha value is -0.630. The monoisotopic (exact) mass is 418 g/mol. The fourth-order valence-electron chi connectivity index (χ4n) is 1.57. The largest absolute Gasteiger partial charge is 0.378 e. The quantitative estimate of drug-likeness (QED) is 0.750. The van der Waals surface area contributed by atoms with E-state index in [1.165, 1.54) is 0 Å². The van der Waals surface area contributed by atoms with Crippen LogP contribution in [0.25, 0.3) is 0 Å². The van der Waals surface area contributed by atoms with E-state index in [-0.39, 0.29) is 5.56 Å². The van der Waals surface area contributed by atoms with Crippen molar-refractivity contribution in [1.82, 2.24) is 9.97 Å². The first kappa shape index (κ1) is 15.8. The normalized spacial score (nSPS) is 10.8. The van der Waals surface area contributed by atoms with Crippen LogP contribution in [0.4, 0.5) is 0 Å². The number of hydrogen-bond donors (Lipinski definition) is 1. The number of aromatic nitrogens is 2. The number of nitrogens with one attached hydrogen (secondary N) is 1. The summed E-state index contributed by atoms with van der Waals surface area (Å²) in [5.41, 5.74) is 0.425. The van der Waals surface area contributed by atoms with Crippen LogP contribution >= 0.6 is 43.6 Å². The summed E-state index contributed by atoms with van der Waals surface area (Å²) in [6.07, 6.45) is 0. The first-order valence-corrected chi connectivity index (χ1v) is 8.33. The smallest absolute Gasteiger partial charge is 0.265 e. The van der Waals surface area contributed by atoms with Crippen LogP contribution < -0.4 is 5.56 Å². The van der Waals surface area contributed by atoms with Gasteiger partial charge in [-0.2, -0.15) is 0 Å². The molecule has 0 radical (unpaired) electrons. The van der Waals surface area contributed by atoms with Crippen LogP contribution in [0.1, 0.15) is 11.5 Å². The molecule has 0 aliphatic carbocycles. The number of benzene rings is 1. The molecule has 2 aromatic rings. The van der Waals surface area contributed by atoms with E-state index in [0.29, 0.717) is 28.4 Å². The molecule has 1 N–H and O–H groups in total. The van der Waals surface area contributed by atoms with Crippen LogP contribution in [-0.2, 0) is 17.1 Å². The van der Waals surface area contributed by atoms with E-state index in [0.717, 1.165) is 9.37 Å². The van der Waals surface area contributed by atoms with Gasteiger partial charge in [-0.25, -0.2) is 4.98 Å². The average Bonchev–Trinajstić information content (AvgIpc) is 2.43. The third kappa shape index (κ3) is 3.94. The molecule has 0 saturated heterocycles. The Kier molecular flexibility index (Phi) is 5.83. The van der Waals surface area contributed by atoms with Crippen molar-refractivity contribution in [2.45, 2.75) is 17.3 Å². The summed E-state index contributed by atoms with van der Waals surface area (Å²) in [6.45, 7) is 0.303. The molecule has 0 saturated carbocycles. The zero-order valence-electron chi connectivity index (χ0n) is 10.7. The number of methoxy groups -OCH3 is 1. The Balaban J connectivity index is 2.18. The van der Waals surface area contributed by atoms with Gasteiger partial charge in [0.15, 0.2) is 0 Å². The van der Waals surface area contributed by atoms with Crippen molar-refractivity contribution in [3.8, 4) is 0 Å². The predicted molar refractivity (Wildman–Crippen MR) is 87.0 cm³/mol. The molecular weight excluding hydrogens is 408 g/mol. The molecule has 2 rings (SSSR count). The van der Waals surface area contributed by atoms with Gasteiger partial charge in [-0.3, -0.25) is 4.79 Å². The van der Waals surface area contributed by atoms with Crippen LogP contribution in [0.15, 0.2) is 42.9 Å². The molecule has 1 heterocycles. The summed E-state index contributed by atoms with van der Waals surface area (Å²) in [4.78, 5) is 20.1. The maximum Gasteiger partial charge on any atom is 0.265 e. The van der Waals surface area contributed by atoms with Crippen molar-refractivity contribution in [1.29, 1.82) is 0 Å². The number of rotatable bonds is 5. The van der Waals surface area contributed by atoms with Crippen LogP contribution in [0.2, 0.25) is 0 Å². The van der Waals surface area contributed by atoms with E-state index in [1.807, 2.05) is 24.3 Å². The summed E-state index contributed by atoms with van der Waals surface area (Å²) in [5, 5.41) is 0. The first-order valence-electron chi connectivity index (χ1n) is 5.75. The molecule has 0 aliphatic heterocycles. The lowest BCUT2D eigenvalue weighted by atomic mass is 10.4. The molecule has 0 bridgehead atoms. The fraction of sp³-hybridized carbons (Fsp3) is 0.231. The highest BCUT2D eigenvalue weighted by Crippen LogP contribution is 2.28. The second kappa shape index (κ2) is 7.40. The van der Waals surface area contributed by atoms with Gasteiger partial charge in [0, 0.05) is 16.5 Å². The number of H-pyrrole nitrogens is 1. The average molecular weight is 420 g/mol. The summed E-state index contributed by atoms with van der Waals surface area (Å²) in [7, 11) is 1.57. The molecular formula is C13H12Br2N2O2S. The van der Waals surface area contributed by atoms with Gasteiger partial charge in [-0.15, -0.1) is 11.8 Å². The Morgan fingerprint density at radius 1 is 1.35 bits per heavy atom. The molecule has 106 valence electrons. The van der Waals surface area contributed by atoms with Gasteiger partial charge in [0.05, 0.1) is 18.1 Å². The highest BCUT2D eigenvalue weighted by Gasteiger charge is 2.09. The zero-order chi connectivity index (χ0) is 14.5. The minimum absolute atomic E-state index is 0.185. The molecule has 0 aliphatic rings. The van der Waals surface area contributed by atoms with Gasteiger partial charge >= 0.3 is 0 Å². The summed E-state index contributed by atoms with van der Waals surface area (Å²) in [6, 6.07) is 7.93. The van der Waals surface area contributed by atoms with Crippen LogP contribution in [0, 0.1) is 0 Å². The molecule has 0 unspecified atom stereocenters. The molecule has 0 fully saturated rings. The maximum atomic E-state index is 11.8. The van der Waals surface area contributed by atoms with Crippen LogP contribution in [0.3, 0.4) is 0 Å². The number of nitrogens with zero attached hydrogens (tertiary/aromatic N) is 1. The summed E-state index contributed by atoms with van der Waals surface area (Å²) < 4.78 is 6.50. The van der Waals surface area contributed by atoms with Crippen LogP contribution in [-0.4, -0.2) is 17.1 Å². The van der Waals surface area contributed by atoms with Crippen LogP contribution in [0.5, 0.6) is 0 Å². The van der Waals surface area contributed by atoms with Gasteiger partial charge < -0.3 is 9.72 Å². The Morgan fingerprint density at radius 2 is 2.10 bits per heavy atom. The van der Waals surface area contributed by atoms with Gasteiger partial charge in [-0.1, -0.05) is 12.1 Å². The molecule has 4 nitrogen and oxygen atoms in total. The minimum atomic E-state index is -0.185. The lowest BCUT2D eigenvalue weighted by Crippen LogP contribution is -2.15. The second-order valence-corrected chi connectivity index (χ2v) is 6.59. The van der Waals surface area contributed by atoms with Gasteiger partial charge in [0.25, 0.3) is 5.56 Å². The third-order valence-corrected chi connectivity index (χ3v) is 5.32. The molecule has 0 atom stereocenters. The second-order valence-electron chi connectivity index (χ2n) is 3.93. The first-order chi connectivity index (χ1) is 9.61. The zero-order valence-corrected chi connectivity index (χ0v) is 14.6. The summed E-state index contributed by atoms with van der Waals surface area (Å²) >= 11 is 8.32. The predicted octanol–water partition coefficient (Wildman–Crippen LogP) is 3.73. The van der Waals surface area contributed by atoms with Gasteiger partial charge in [0.1, 0.15) is 10.3 Å². The van der Waals surface area contributed by atoms with E-state index >= 15 is 0 Å². The molecule has 1 aromatic carbocycles. The van der Waals surface area contributed by atoms with E-state index < -0.39 is 0 Å². The standard InChI is InChI=1S/C13H12Br2N2O2S/c1-19-6-9-12(15)13(18)17-11(16-9)7-20-10-5-3-2-4-8(10)14/h2-5H,6-7H2,1H3,(H,16,17,18). The van der Waals surface area contributed by atoms with E-state index in [9.17, 15) is 4.79 Å². The lowest BCUT2D eigenvalue weighted by Gasteiger charge is -2.07. The Morgan fingerprint density at radius 3 is 2.80 bits per heavy atom. The lowest BCUT2D eigenvalue weighted by molar-refractivity contribution is 0.180. The summed E-state index contributed by atoms with van der Waals surface area (Å²) in [5.74, 6) is 1.22. The van der Waals surface area contributed by atoms with Gasteiger partial charge in [0.2, 0.25) is 0 Å². The molecule has 0 amide bonds. The Labute approximate surface area is 137 Å². The van der Waals surface area contributed by atoms with E-state index in [4.69, 9.17) is 4.74 Å². The number of thioether (sulfide) groups is 1. The topological polar surface area (TPSA) is 55.0 Å². The number of aromatic amines is 1. The highest BCUT2D eigenvalue weighted by atomic mass is 79.9. The van der Waals surface area contributed by atoms with E-state index in [1.54, 1.807) is 18.9 Å². The minimum Gasteiger partial charge on any atom is -0.378 e. The van der Waals surface area contributed by atoms with Crippen molar-refractivity contribution in [3.63, 3.8) is 0 Å². The van der Waals surface area contributed by atoms with Gasteiger partial charge in [-0.05, 0) is 44.0 Å². The molecule has 1 aromatic heterocycles. The molecule has 0 spiro atoms.